The smallest absolute Gasteiger partial charge is 0.318 e. The van der Waals surface area contributed by atoms with Crippen LogP contribution >= 0.6 is 0 Å². The van der Waals surface area contributed by atoms with Gasteiger partial charge in [0.25, 0.3) is 5.89 Å². The lowest BCUT2D eigenvalue weighted by molar-refractivity contribution is -0.0565. The molecule has 0 aromatic carbocycles. The van der Waals surface area contributed by atoms with E-state index in [2.05, 4.69) is 34.2 Å². The molecule has 3 heterocycles. The summed E-state index contributed by atoms with van der Waals surface area (Å²) in [5, 5.41) is 6.86. The number of nitrogens with zero attached hydrogens (tertiary/aromatic N) is 4. The Morgan fingerprint density at radius 3 is 2.85 bits per heavy atom. The number of aromatic nitrogens is 2. The Labute approximate surface area is 154 Å². The fourth-order valence-electron chi connectivity index (χ4n) is 3.52. The maximum absolute atomic E-state index is 12.8. The molecule has 2 saturated heterocycles. The Kier molecular flexibility index (Phi) is 5.79. The zero-order valence-electron chi connectivity index (χ0n) is 16.0. The summed E-state index contributed by atoms with van der Waals surface area (Å²) in [6, 6.07) is -0.503. The van der Waals surface area contributed by atoms with E-state index in [1.165, 1.54) is 0 Å². The SMILES string of the molecule is Cc1noc([C@@H]2[C@@H](C)OCCN2C(=O)NCCN2CCOCC2(C)C)n1. The van der Waals surface area contributed by atoms with Crippen LogP contribution < -0.4 is 5.32 Å². The molecule has 9 nitrogen and oxygen atoms in total. The van der Waals surface area contributed by atoms with E-state index in [0.717, 1.165) is 19.7 Å². The lowest BCUT2D eigenvalue weighted by Gasteiger charge is -2.42. The van der Waals surface area contributed by atoms with Crippen LogP contribution in [0.4, 0.5) is 4.79 Å². The highest BCUT2D eigenvalue weighted by Crippen LogP contribution is 2.28. The zero-order chi connectivity index (χ0) is 18.7. The molecular weight excluding hydrogens is 338 g/mol. The molecule has 3 rings (SSSR count). The fourth-order valence-corrected chi connectivity index (χ4v) is 3.52. The van der Waals surface area contributed by atoms with Crippen molar-refractivity contribution in [1.82, 2.24) is 25.3 Å². The average Bonchev–Trinajstić information content (AvgIpc) is 3.01. The molecule has 2 atom stereocenters. The van der Waals surface area contributed by atoms with Gasteiger partial charge in [0.1, 0.15) is 6.04 Å². The molecule has 9 heteroatoms. The second kappa shape index (κ2) is 7.89. The van der Waals surface area contributed by atoms with Gasteiger partial charge >= 0.3 is 6.03 Å². The maximum Gasteiger partial charge on any atom is 0.318 e. The van der Waals surface area contributed by atoms with E-state index in [0.29, 0.717) is 38.0 Å². The Balaban J connectivity index is 1.58. The van der Waals surface area contributed by atoms with Gasteiger partial charge < -0.3 is 24.2 Å². The summed E-state index contributed by atoms with van der Waals surface area (Å²) >= 11 is 0. The molecule has 146 valence electrons. The van der Waals surface area contributed by atoms with Crippen LogP contribution in [0.15, 0.2) is 4.52 Å². The Morgan fingerprint density at radius 1 is 1.35 bits per heavy atom. The molecule has 1 aromatic heterocycles. The Hall–Kier alpha value is -1.71. The van der Waals surface area contributed by atoms with Crippen molar-refractivity contribution in [3.63, 3.8) is 0 Å². The second-order valence-corrected chi connectivity index (χ2v) is 7.48. The van der Waals surface area contributed by atoms with Crippen LogP contribution in [0.1, 0.15) is 38.5 Å². The van der Waals surface area contributed by atoms with Gasteiger partial charge in [-0.2, -0.15) is 4.98 Å². The second-order valence-electron chi connectivity index (χ2n) is 7.48. The van der Waals surface area contributed by atoms with Gasteiger partial charge in [-0.05, 0) is 27.7 Å². The van der Waals surface area contributed by atoms with E-state index in [-0.39, 0.29) is 23.7 Å². The van der Waals surface area contributed by atoms with Gasteiger partial charge in [0.15, 0.2) is 5.82 Å². The molecule has 0 bridgehead atoms. The zero-order valence-corrected chi connectivity index (χ0v) is 16.0. The largest absolute Gasteiger partial charge is 0.378 e. The predicted octanol–water partition coefficient (Wildman–Crippen LogP) is 0.960. The van der Waals surface area contributed by atoms with Gasteiger partial charge in [-0.15, -0.1) is 0 Å². The van der Waals surface area contributed by atoms with Gasteiger partial charge in [-0.1, -0.05) is 5.16 Å². The van der Waals surface area contributed by atoms with E-state index >= 15 is 0 Å². The normalized spacial score (nSPS) is 26.7. The van der Waals surface area contributed by atoms with Crippen molar-refractivity contribution in [1.29, 1.82) is 0 Å². The van der Waals surface area contributed by atoms with Crippen molar-refractivity contribution < 1.29 is 18.8 Å². The molecule has 2 fully saturated rings. The molecule has 0 aliphatic carbocycles. The molecular formula is C17H29N5O4. The number of rotatable bonds is 4. The van der Waals surface area contributed by atoms with Crippen molar-refractivity contribution in [3.05, 3.63) is 11.7 Å². The molecule has 2 amide bonds. The van der Waals surface area contributed by atoms with Crippen molar-refractivity contribution in [2.75, 3.05) is 46.0 Å². The number of hydrogen-bond donors (Lipinski definition) is 1. The van der Waals surface area contributed by atoms with Crippen LogP contribution in [0.2, 0.25) is 0 Å². The summed E-state index contributed by atoms with van der Waals surface area (Å²) in [4.78, 5) is 21.1. The Bertz CT molecular complexity index is 620. The van der Waals surface area contributed by atoms with E-state index in [4.69, 9.17) is 14.0 Å². The highest BCUT2D eigenvalue weighted by Gasteiger charge is 2.38. The number of amides is 2. The molecule has 0 radical (unpaired) electrons. The first-order valence-electron chi connectivity index (χ1n) is 9.17. The number of morpholine rings is 2. The first kappa shape index (κ1) is 19.1. The molecule has 0 unspecified atom stereocenters. The van der Waals surface area contributed by atoms with E-state index in [1.807, 2.05) is 6.92 Å². The van der Waals surface area contributed by atoms with Crippen molar-refractivity contribution in [3.8, 4) is 0 Å². The third-order valence-electron chi connectivity index (χ3n) is 5.03. The third-order valence-corrected chi connectivity index (χ3v) is 5.03. The lowest BCUT2D eigenvalue weighted by Crippen LogP contribution is -2.56. The monoisotopic (exact) mass is 367 g/mol. The predicted molar refractivity (Wildman–Crippen MR) is 93.8 cm³/mol. The van der Waals surface area contributed by atoms with Gasteiger partial charge in [0.2, 0.25) is 0 Å². The van der Waals surface area contributed by atoms with Crippen LogP contribution in [-0.4, -0.2) is 83.6 Å². The number of carbonyl (C=O) groups excluding carboxylic acids is 1. The van der Waals surface area contributed by atoms with Crippen LogP contribution in [-0.2, 0) is 9.47 Å². The van der Waals surface area contributed by atoms with Gasteiger partial charge in [0.05, 0.1) is 25.9 Å². The number of aryl methyl sites for hydroxylation is 1. The highest BCUT2D eigenvalue weighted by atomic mass is 16.5. The topological polar surface area (TPSA) is 93.0 Å². The summed E-state index contributed by atoms with van der Waals surface area (Å²) in [6.45, 7) is 12.7. The molecule has 0 spiro atoms. The number of urea groups is 1. The molecule has 2 aliphatic heterocycles. The number of nitrogens with one attached hydrogen (secondary N) is 1. The molecule has 2 aliphatic rings. The number of carbonyl (C=O) groups is 1. The summed E-state index contributed by atoms with van der Waals surface area (Å²) < 4.78 is 16.5. The van der Waals surface area contributed by atoms with E-state index < -0.39 is 0 Å². The summed E-state index contributed by atoms with van der Waals surface area (Å²) in [5.41, 5.74) is -0.0136. The van der Waals surface area contributed by atoms with Crippen molar-refractivity contribution in [2.45, 2.75) is 45.4 Å². The number of ether oxygens (including phenoxy) is 2. The third kappa shape index (κ3) is 4.16. The highest BCUT2D eigenvalue weighted by molar-refractivity contribution is 5.74. The average molecular weight is 367 g/mol. The Morgan fingerprint density at radius 2 is 2.15 bits per heavy atom. The quantitative estimate of drug-likeness (QED) is 0.847. The summed E-state index contributed by atoms with van der Waals surface area (Å²) in [7, 11) is 0. The molecule has 0 saturated carbocycles. The minimum absolute atomic E-state index is 0.0136. The minimum Gasteiger partial charge on any atom is -0.378 e. The van der Waals surface area contributed by atoms with Crippen LogP contribution in [0, 0.1) is 6.92 Å². The van der Waals surface area contributed by atoms with Crippen LogP contribution in [0.25, 0.3) is 0 Å². The van der Waals surface area contributed by atoms with Crippen LogP contribution in [0.3, 0.4) is 0 Å². The summed E-state index contributed by atoms with van der Waals surface area (Å²) in [5.74, 6) is 0.965. The van der Waals surface area contributed by atoms with Crippen LogP contribution in [0.5, 0.6) is 0 Å². The lowest BCUT2D eigenvalue weighted by atomic mass is 10.0. The van der Waals surface area contributed by atoms with Gasteiger partial charge in [-0.25, -0.2) is 4.79 Å². The molecule has 1 aromatic rings. The van der Waals surface area contributed by atoms with Crippen molar-refractivity contribution in [2.24, 2.45) is 0 Å². The van der Waals surface area contributed by atoms with Crippen molar-refractivity contribution >= 4 is 6.03 Å². The van der Waals surface area contributed by atoms with Gasteiger partial charge in [0, 0.05) is 31.7 Å². The maximum atomic E-state index is 12.8. The van der Waals surface area contributed by atoms with Gasteiger partial charge in [-0.3, -0.25) is 4.90 Å². The first-order valence-corrected chi connectivity index (χ1v) is 9.17. The van der Waals surface area contributed by atoms with E-state index in [9.17, 15) is 4.79 Å². The minimum atomic E-state index is -0.371. The standard InChI is InChI=1S/C17H29N5O4/c1-12-14(15-19-13(2)20-26-15)22(8-10-25-12)16(23)18-5-6-21-7-9-24-11-17(21,3)4/h12,14H,5-11H2,1-4H3,(H,18,23)/t12-,14+/m1/s1. The summed E-state index contributed by atoms with van der Waals surface area (Å²) in [6.07, 6.45) is -0.201. The van der Waals surface area contributed by atoms with E-state index in [1.54, 1.807) is 11.8 Å². The molecule has 1 N–H and O–H groups in total. The fraction of sp³-hybridized carbons (Fsp3) is 0.824. The first-order chi connectivity index (χ1) is 12.4. The molecule has 26 heavy (non-hydrogen) atoms. The number of hydrogen-bond acceptors (Lipinski definition) is 7.